The molecule has 0 saturated heterocycles. The Bertz CT molecular complexity index is 524. The van der Waals surface area contributed by atoms with E-state index in [1.165, 1.54) is 16.9 Å². The Labute approximate surface area is 130 Å². The van der Waals surface area contributed by atoms with Crippen LogP contribution in [0.3, 0.4) is 0 Å². The minimum absolute atomic E-state index is 0.125. The number of nitrogens with one attached hydrogen (secondary N) is 2. The first-order valence-electron chi connectivity index (χ1n) is 7.71. The summed E-state index contributed by atoms with van der Waals surface area (Å²) in [6, 6.07) is 1.50. The van der Waals surface area contributed by atoms with Crippen molar-refractivity contribution in [2.45, 2.75) is 52.5 Å². The molecule has 0 spiro atoms. The monoisotopic (exact) mass is 308 g/mol. The van der Waals surface area contributed by atoms with Crippen LogP contribution in [0.25, 0.3) is 0 Å². The highest BCUT2D eigenvalue weighted by Gasteiger charge is 2.22. The molecule has 0 saturated carbocycles. The molecule has 1 heterocycles. The average molecular weight is 308 g/mol. The largest absolute Gasteiger partial charge is 0.354 e. The summed E-state index contributed by atoms with van der Waals surface area (Å²) in [4.78, 5) is 26.1. The first kappa shape index (κ1) is 16.0. The topological polar surface area (TPSA) is 58.2 Å². The van der Waals surface area contributed by atoms with E-state index in [1.54, 1.807) is 18.3 Å². The fourth-order valence-corrected chi connectivity index (χ4v) is 3.66. The van der Waals surface area contributed by atoms with E-state index in [1.807, 2.05) is 13.0 Å². The third kappa shape index (κ3) is 4.06. The van der Waals surface area contributed by atoms with Crippen molar-refractivity contribution in [3.05, 3.63) is 21.4 Å². The van der Waals surface area contributed by atoms with Crippen molar-refractivity contribution in [3.63, 3.8) is 0 Å². The summed E-state index contributed by atoms with van der Waals surface area (Å²) in [7, 11) is 0. The normalized spacial score (nSPS) is 18.7. The Morgan fingerprint density at radius 3 is 2.95 bits per heavy atom. The van der Waals surface area contributed by atoms with E-state index in [-0.39, 0.29) is 11.8 Å². The van der Waals surface area contributed by atoms with E-state index >= 15 is 0 Å². The summed E-state index contributed by atoms with van der Waals surface area (Å²) in [6.07, 6.45) is 4.22. The molecular formula is C16H24N2O2S. The highest BCUT2D eigenvalue weighted by Crippen LogP contribution is 2.32. The minimum atomic E-state index is -0.498. The van der Waals surface area contributed by atoms with Crippen LogP contribution in [-0.4, -0.2) is 24.4 Å². The van der Waals surface area contributed by atoms with Crippen molar-refractivity contribution in [3.8, 4) is 0 Å². The smallest absolute Gasteiger partial charge is 0.262 e. The maximum Gasteiger partial charge on any atom is 0.262 e. The SMILES string of the molecule is CCCNC(=O)[C@@H](C)NC(=O)c1cc2c(s1)CC[C@@H](C)C2. The van der Waals surface area contributed by atoms with Gasteiger partial charge in [0.1, 0.15) is 6.04 Å². The van der Waals surface area contributed by atoms with Gasteiger partial charge in [0.05, 0.1) is 4.88 Å². The van der Waals surface area contributed by atoms with Crippen LogP contribution in [0.5, 0.6) is 0 Å². The molecule has 21 heavy (non-hydrogen) atoms. The number of thiophene rings is 1. The Kier molecular flexibility index (Phi) is 5.39. The van der Waals surface area contributed by atoms with Crippen LogP contribution < -0.4 is 10.6 Å². The van der Waals surface area contributed by atoms with Gasteiger partial charge in [-0.3, -0.25) is 9.59 Å². The molecule has 4 nitrogen and oxygen atoms in total. The van der Waals surface area contributed by atoms with Gasteiger partial charge in [-0.2, -0.15) is 0 Å². The molecule has 1 aliphatic rings. The van der Waals surface area contributed by atoms with Crippen molar-refractivity contribution in [2.75, 3.05) is 6.54 Å². The number of carbonyl (C=O) groups excluding carboxylic acids is 2. The summed E-state index contributed by atoms with van der Waals surface area (Å²) >= 11 is 1.57. The molecule has 0 aromatic carbocycles. The summed E-state index contributed by atoms with van der Waals surface area (Å²) in [5, 5.41) is 5.58. The lowest BCUT2D eigenvalue weighted by atomic mass is 9.90. The molecule has 0 aliphatic heterocycles. The van der Waals surface area contributed by atoms with Gasteiger partial charge in [0, 0.05) is 11.4 Å². The molecular weight excluding hydrogens is 284 g/mol. The Morgan fingerprint density at radius 1 is 1.48 bits per heavy atom. The van der Waals surface area contributed by atoms with Gasteiger partial charge in [-0.1, -0.05) is 13.8 Å². The van der Waals surface area contributed by atoms with Crippen LogP contribution in [0.4, 0.5) is 0 Å². The fraction of sp³-hybridized carbons (Fsp3) is 0.625. The van der Waals surface area contributed by atoms with Crippen LogP contribution in [0.2, 0.25) is 0 Å². The Hall–Kier alpha value is -1.36. The molecule has 1 aromatic heterocycles. The molecule has 0 unspecified atom stereocenters. The second kappa shape index (κ2) is 7.07. The van der Waals surface area contributed by atoms with Gasteiger partial charge in [-0.15, -0.1) is 11.3 Å². The molecule has 116 valence electrons. The Morgan fingerprint density at radius 2 is 2.24 bits per heavy atom. The molecule has 2 N–H and O–H groups in total. The number of hydrogen-bond donors (Lipinski definition) is 2. The average Bonchev–Trinajstić information content (AvgIpc) is 2.87. The van der Waals surface area contributed by atoms with E-state index in [0.717, 1.165) is 24.1 Å². The molecule has 2 atom stereocenters. The summed E-state index contributed by atoms with van der Waals surface area (Å²) in [5.74, 6) is 0.433. The molecule has 0 radical (unpaired) electrons. The lowest BCUT2D eigenvalue weighted by Gasteiger charge is -2.16. The zero-order valence-corrected chi connectivity index (χ0v) is 13.8. The first-order valence-corrected chi connectivity index (χ1v) is 8.53. The molecule has 0 bridgehead atoms. The quantitative estimate of drug-likeness (QED) is 0.878. The van der Waals surface area contributed by atoms with Gasteiger partial charge in [-0.05, 0) is 50.2 Å². The van der Waals surface area contributed by atoms with Crippen LogP contribution in [0.1, 0.15) is 53.7 Å². The second-order valence-corrected chi connectivity index (χ2v) is 7.03. The van der Waals surface area contributed by atoms with Gasteiger partial charge in [0.2, 0.25) is 5.91 Å². The van der Waals surface area contributed by atoms with Crippen LogP contribution >= 0.6 is 11.3 Å². The standard InChI is InChI=1S/C16H24N2O2S/c1-4-7-17-15(19)11(3)18-16(20)14-9-12-8-10(2)5-6-13(12)21-14/h9-11H,4-8H2,1-3H3,(H,17,19)(H,18,20)/t10-,11-/m1/s1. The van der Waals surface area contributed by atoms with Crippen molar-refractivity contribution >= 4 is 23.2 Å². The van der Waals surface area contributed by atoms with Gasteiger partial charge in [0.15, 0.2) is 0 Å². The van der Waals surface area contributed by atoms with Crippen LogP contribution in [0, 0.1) is 5.92 Å². The highest BCUT2D eigenvalue weighted by molar-refractivity contribution is 7.14. The number of carbonyl (C=O) groups is 2. The van der Waals surface area contributed by atoms with Crippen molar-refractivity contribution in [2.24, 2.45) is 5.92 Å². The van der Waals surface area contributed by atoms with E-state index in [2.05, 4.69) is 17.6 Å². The Balaban J connectivity index is 1.96. The number of fused-ring (bicyclic) bond motifs is 1. The van der Waals surface area contributed by atoms with E-state index < -0.39 is 6.04 Å². The van der Waals surface area contributed by atoms with Gasteiger partial charge in [0.25, 0.3) is 5.91 Å². The van der Waals surface area contributed by atoms with Crippen molar-refractivity contribution in [1.82, 2.24) is 10.6 Å². The van der Waals surface area contributed by atoms with Gasteiger partial charge in [-0.25, -0.2) is 0 Å². The zero-order chi connectivity index (χ0) is 15.4. The predicted molar refractivity (Wildman–Crippen MR) is 85.7 cm³/mol. The molecule has 0 fully saturated rings. The lowest BCUT2D eigenvalue weighted by Crippen LogP contribution is -2.44. The molecule has 5 heteroatoms. The molecule has 1 aliphatic carbocycles. The predicted octanol–water partition coefficient (Wildman–Crippen LogP) is 2.52. The zero-order valence-electron chi connectivity index (χ0n) is 13.0. The van der Waals surface area contributed by atoms with Gasteiger partial charge >= 0.3 is 0 Å². The lowest BCUT2D eigenvalue weighted by molar-refractivity contribution is -0.122. The number of aryl methyl sites for hydroxylation is 1. The minimum Gasteiger partial charge on any atom is -0.354 e. The number of amides is 2. The molecule has 2 amide bonds. The number of hydrogen-bond acceptors (Lipinski definition) is 3. The van der Waals surface area contributed by atoms with Crippen molar-refractivity contribution in [1.29, 1.82) is 0 Å². The van der Waals surface area contributed by atoms with Gasteiger partial charge < -0.3 is 10.6 Å². The maximum atomic E-state index is 12.3. The second-order valence-electron chi connectivity index (χ2n) is 5.89. The highest BCUT2D eigenvalue weighted by atomic mass is 32.1. The summed E-state index contributed by atoms with van der Waals surface area (Å²) < 4.78 is 0. The summed E-state index contributed by atoms with van der Waals surface area (Å²) in [5.41, 5.74) is 1.31. The maximum absolute atomic E-state index is 12.3. The van der Waals surface area contributed by atoms with Crippen LogP contribution in [0.15, 0.2) is 6.07 Å². The van der Waals surface area contributed by atoms with E-state index in [4.69, 9.17) is 0 Å². The summed E-state index contributed by atoms with van der Waals surface area (Å²) in [6.45, 7) is 6.61. The third-order valence-corrected chi connectivity index (χ3v) is 5.08. The van der Waals surface area contributed by atoms with Crippen LogP contribution in [-0.2, 0) is 17.6 Å². The van der Waals surface area contributed by atoms with E-state index in [0.29, 0.717) is 12.5 Å². The van der Waals surface area contributed by atoms with Crippen molar-refractivity contribution < 1.29 is 9.59 Å². The third-order valence-electron chi connectivity index (χ3n) is 3.84. The van der Waals surface area contributed by atoms with E-state index in [9.17, 15) is 9.59 Å². The molecule has 2 rings (SSSR count). The molecule has 1 aromatic rings. The number of rotatable bonds is 5. The first-order chi connectivity index (χ1) is 10.0. The fourth-order valence-electron chi connectivity index (χ4n) is 2.55.